The molecule has 0 unspecified atom stereocenters. The van der Waals surface area contributed by atoms with E-state index in [0.717, 1.165) is 29.8 Å². The summed E-state index contributed by atoms with van der Waals surface area (Å²) >= 11 is 0. The number of carbonyl (C=O) groups excluding carboxylic acids is 1. The first-order valence-electron chi connectivity index (χ1n) is 9.59. The molecule has 4 nitrogen and oxygen atoms in total. The van der Waals surface area contributed by atoms with Gasteiger partial charge in [0.25, 0.3) is 0 Å². The van der Waals surface area contributed by atoms with Crippen molar-refractivity contribution >= 4 is 11.6 Å². The van der Waals surface area contributed by atoms with Gasteiger partial charge in [-0.05, 0) is 42.7 Å². The lowest BCUT2D eigenvalue weighted by atomic mass is 10.1. The Kier molecular flexibility index (Phi) is 6.94. The number of anilines is 1. The molecular weight excluding hydrogens is 324 g/mol. The summed E-state index contributed by atoms with van der Waals surface area (Å²) in [7, 11) is 0. The molecule has 4 heteroatoms. The highest BCUT2D eigenvalue weighted by molar-refractivity contribution is 5.81. The maximum Gasteiger partial charge on any atom is 0.239 e. The molecule has 1 aliphatic rings. The Bertz CT molecular complexity index is 662. The Morgan fingerprint density at radius 3 is 2.31 bits per heavy atom. The summed E-state index contributed by atoms with van der Waals surface area (Å²) in [6, 6.07) is 18.2. The van der Waals surface area contributed by atoms with Gasteiger partial charge in [0.2, 0.25) is 5.91 Å². The van der Waals surface area contributed by atoms with Crippen LogP contribution in [0.5, 0.6) is 5.75 Å². The molecule has 0 aromatic heterocycles. The topological polar surface area (TPSA) is 50.4 Å². The monoisotopic (exact) mass is 352 g/mol. The number of hydrogen-bond donors (Lipinski definition) is 2. The smallest absolute Gasteiger partial charge is 0.239 e. The Balaban J connectivity index is 1.40. The summed E-state index contributed by atoms with van der Waals surface area (Å²) in [5, 5.41) is 6.34. The first-order valence-corrected chi connectivity index (χ1v) is 9.59. The molecule has 1 fully saturated rings. The Labute approximate surface area is 156 Å². The Morgan fingerprint density at radius 1 is 0.923 bits per heavy atom. The van der Waals surface area contributed by atoms with Gasteiger partial charge in [-0.2, -0.15) is 0 Å². The molecule has 0 spiro atoms. The van der Waals surface area contributed by atoms with Crippen molar-refractivity contribution in [3.8, 4) is 5.75 Å². The van der Waals surface area contributed by atoms with Crippen molar-refractivity contribution in [3.05, 3.63) is 60.2 Å². The molecule has 2 N–H and O–H groups in total. The van der Waals surface area contributed by atoms with Crippen molar-refractivity contribution in [1.29, 1.82) is 0 Å². The Hall–Kier alpha value is -2.49. The molecule has 1 amide bonds. The normalized spacial score (nSPS) is 15.1. The first kappa shape index (κ1) is 18.3. The molecule has 3 rings (SSSR count). The molecule has 2 aromatic carbocycles. The number of benzene rings is 2. The summed E-state index contributed by atoms with van der Waals surface area (Å²) in [4.78, 5) is 12.1. The van der Waals surface area contributed by atoms with Gasteiger partial charge in [0.1, 0.15) is 12.4 Å². The van der Waals surface area contributed by atoms with E-state index in [1.807, 2.05) is 54.6 Å². The van der Waals surface area contributed by atoms with Crippen LogP contribution >= 0.6 is 0 Å². The molecule has 0 aliphatic heterocycles. The number of ether oxygens (including phenoxy) is 1. The van der Waals surface area contributed by atoms with Crippen LogP contribution in [0.4, 0.5) is 5.69 Å². The highest BCUT2D eigenvalue weighted by Gasteiger charge is 2.14. The molecule has 0 atom stereocenters. The van der Waals surface area contributed by atoms with Crippen LogP contribution in [0.15, 0.2) is 54.6 Å². The van der Waals surface area contributed by atoms with Crippen LogP contribution in [-0.2, 0) is 11.4 Å². The lowest BCUT2D eigenvalue weighted by Crippen LogP contribution is -2.38. The molecule has 1 aliphatic carbocycles. The van der Waals surface area contributed by atoms with Gasteiger partial charge in [-0.1, -0.05) is 56.0 Å². The maximum atomic E-state index is 12.1. The van der Waals surface area contributed by atoms with E-state index in [-0.39, 0.29) is 5.91 Å². The summed E-state index contributed by atoms with van der Waals surface area (Å²) in [5.41, 5.74) is 2.07. The van der Waals surface area contributed by atoms with E-state index in [0.29, 0.717) is 19.2 Å². The van der Waals surface area contributed by atoms with Crippen LogP contribution in [0.3, 0.4) is 0 Å². The standard InChI is InChI=1S/C22H28N2O2/c25-22(24-20-10-6-1-2-7-11-20)16-23-19-12-14-21(15-13-19)26-17-18-8-4-3-5-9-18/h3-5,8-9,12-15,20,23H,1-2,6-7,10-11,16-17H2,(H,24,25). The first-order chi connectivity index (χ1) is 12.8. The quantitative estimate of drug-likeness (QED) is 0.721. The van der Waals surface area contributed by atoms with Crippen molar-refractivity contribution in [1.82, 2.24) is 5.32 Å². The summed E-state index contributed by atoms with van der Waals surface area (Å²) in [6.45, 7) is 0.859. The highest BCUT2D eigenvalue weighted by Crippen LogP contribution is 2.18. The van der Waals surface area contributed by atoms with E-state index < -0.39 is 0 Å². The third-order valence-electron chi connectivity index (χ3n) is 4.78. The Morgan fingerprint density at radius 2 is 1.62 bits per heavy atom. The number of rotatable bonds is 7. The van der Waals surface area contributed by atoms with E-state index in [2.05, 4.69) is 10.6 Å². The fraction of sp³-hybridized carbons (Fsp3) is 0.409. The van der Waals surface area contributed by atoms with Crippen molar-refractivity contribution in [2.24, 2.45) is 0 Å². The molecule has 1 saturated carbocycles. The number of nitrogens with one attached hydrogen (secondary N) is 2. The third-order valence-corrected chi connectivity index (χ3v) is 4.78. The average molecular weight is 352 g/mol. The van der Waals surface area contributed by atoms with E-state index >= 15 is 0 Å². The second kappa shape index (κ2) is 9.85. The minimum atomic E-state index is 0.0707. The lowest BCUT2D eigenvalue weighted by Gasteiger charge is -2.16. The van der Waals surface area contributed by atoms with Gasteiger partial charge in [-0.15, -0.1) is 0 Å². The van der Waals surface area contributed by atoms with Crippen LogP contribution in [-0.4, -0.2) is 18.5 Å². The zero-order chi connectivity index (χ0) is 18.0. The van der Waals surface area contributed by atoms with Crippen molar-refractivity contribution in [3.63, 3.8) is 0 Å². The number of hydrogen-bond acceptors (Lipinski definition) is 3. The SMILES string of the molecule is O=C(CNc1ccc(OCc2ccccc2)cc1)NC1CCCCCC1. The largest absolute Gasteiger partial charge is 0.489 e. The molecule has 0 heterocycles. The average Bonchev–Trinajstić information content (AvgIpc) is 2.95. The van der Waals surface area contributed by atoms with Gasteiger partial charge < -0.3 is 15.4 Å². The van der Waals surface area contributed by atoms with E-state index in [1.54, 1.807) is 0 Å². The van der Waals surface area contributed by atoms with Gasteiger partial charge in [0.05, 0.1) is 6.54 Å². The van der Waals surface area contributed by atoms with Gasteiger partial charge in [0.15, 0.2) is 0 Å². The lowest BCUT2D eigenvalue weighted by molar-refractivity contribution is -0.120. The van der Waals surface area contributed by atoms with E-state index in [1.165, 1.54) is 25.7 Å². The maximum absolute atomic E-state index is 12.1. The van der Waals surface area contributed by atoms with Crippen LogP contribution in [0.2, 0.25) is 0 Å². The van der Waals surface area contributed by atoms with Crippen molar-refractivity contribution < 1.29 is 9.53 Å². The molecule has 2 aromatic rings. The van der Waals surface area contributed by atoms with Crippen LogP contribution in [0.1, 0.15) is 44.1 Å². The second-order valence-electron chi connectivity index (χ2n) is 6.91. The van der Waals surface area contributed by atoms with Gasteiger partial charge in [-0.25, -0.2) is 0 Å². The zero-order valence-corrected chi connectivity index (χ0v) is 15.2. The molecular formula is C22H28N2O2. The van der Waals surface area contributed by atoms with Gasteiger partial charge in [0, 0.05) is 11.7 Å². The predicted molar refractivity (Wildman–Crippen MR) is 105 cm³/mol. The van der Waals surface area contributed by atoms with Gasteiger partial charge >= 0.3 is 0 Å². The molecule has 0 radical (unpaired) electrons. The minimum Gasteiger partial charge on any atom is -0.489 e. The predicted octanol–water partition coefficient (Wildman–Crippen LogP) is 4.52. The summed E-state index contributed by atoms with van der Waals surface area (Å²) in [5.74, 6) is 0.892. The van der Waals surface area contributed by atoms with Crippen LogP contribution in [0, 0.1) is 0 Å². The van der Waals surface area contributed by atoms with Crippen molar-refractivity contribution in [2.75, 3.05) is 11.9 Å². The molecule has 26 heavy (non-hydrogen) atoms. The van der Waals surface area contributed by atoms with Gasteiger partial charge in [-0.3, -0.25) is 4.79 Å². The fourth-order valence-corrected chi connectivity index (χ4v) is 3.29. The zero-order valence-electron chi connectivity index (χ0n) is 15.2. The van der Waals surface area contributed by atoms with Crippen LogP contribution in [0.25, 0.3) is 0 Å². The number of carbonyl (C=O) groups is 1. The molecule has 0 saturated heterocycles. The molecule has 0 bridgehead atoms. The summed E-state index contributed by atoms with van der Waals surface area (Å²) in [6.07, 6.45) is 7.26. The third kappa shape index (κ3) is 6.10. The fourth-order valence-electron chi connectivity index (χ4n) is 3.29. The van der Waals surface area contributed by atoms with Crippen molar-refractivity contribution in [2.45, 2.75) is 51.2 Å². The van der Waals surface area contributed by atoms with E-state index in [9.17, 15) is 4.79 Å². The number of amides is 1. The minimum absolute atomic E-state index is 0.0707. The van der Waals surface area contributed by atoms with E-state index in [4.69, 9.17) is 4.74 Å². The molecule has 138 valence electrons. The van der Waals surface area contributed by atoms with Crippen LogP contribution < -0.4 is 15.4 Å². The summed E-state index contributed by atoms with van der Waals surface area (Å²) < 4.78 is 5.78. The highest BCUT2D eigenvalue weighted by atomic mass is 16.5. The second-order valence-corrected chi connectivity index (χ2v) is 6.91.